The predicted octanol–water partition coefficient (Wildman–Crippen LogP) is 0.943. The third kappa shape index (κ3) is 4.73. The molecule has 7 nitrogen and oxygen atoms in total. The number of carbonyl (C=O) groups is 2. The summed E-state index contributed by atoms with van der Waals surface area (Å²) in [7, 11) is 3.19. The average molecular weight is 351 g/mol. The Kier molecular flexibility index (Phi) is 6.48. The lowest BCUT2D eigenvalue weighted by molar-refractivity contribution is -0.118. The zero-order chi connectivity index (χ0) is 16.7. The third-order valence-electron chi connectivity index (χ3n) is 2.84. The quantitative estimate of drug-likeness (QED) is 0.722. The lowest BCUT2D eigenvalue weighted by Gasteiger charge is -2.09. The van der Waals surface area contributed by atoms with Crippen molar-refractivity contribution in [3.05, 3.63) is 30.3 Å². The van der Waals surface area contributed by atoms with E-state index in [-0.39, 0.29) is 23.3 Å². The maximum absolute atomic E-state index is 11.4. The van der Waals surface area contributed by atoms with E-state index in [9.17, 15) is 9.59 Å². The van der Waals surface area contributed by atoms with E-state index in [1.807, 2.05) is 34.9 Å². The van der Waals surface area contributed by atoms with Crippen molar-refractivity contribution in [2.75, 3.05) is 25.6 Å². The van der Waals surface area contributed by atoms with Gasteiger partial charge in [-0.05, 0) is 12.1 Å². The Labute approximate surface area is 142 Å². The molecule has 2 amide bonds. The highest BCUT2D eigenvalue weighted by molar-refractivity contribution is 8.00. The molecule has 1 aromatic heterocycles. The molecule has 1 aromatic carbocycles. The molecule has 122 valence electrons. The zero-order valence-electron chi connectivity index (χ0n) is 12.8. The van der Waals surface area contributed by atoms with Crippen molar-refractivity contribution in [3.63, 3.8) is 0 Å². The van der Waals surface area contributed by atoms with Gasteiger partial charge in [0.05, 0.1) is 17.2 Å². The lowest BCUT2D eigenvalue weighted by atomic mass is 10.3. The van der Waals surface area contributed by atoms with Crippen molar-refractivity contribution in [1.29, 1.82) is 0 Å². The number of nitrogens with zero attached hydrogens (tertiary/aromatic N) is 3. The van der Waals surface area contributed by atoms with Crippen molar-refractivity contribution in [1.82, 2.24) is 25.4 Å². The summed E-state index contributed by atoms with van der Waals surface area (Å²) in [5, 5.41) is 14.7. The van der Waals surface area contributed by atoms with E-state index in [4.69, 9.17) is 0 Å². The van der Waals surface area contributed by atoms with E-state index in [0.29, 0.717) is 10.3 Å². The fraction of sp³-hybridized carbons (Fsp3) is 0.286. The number of para-hydroxylation sites is 1. The van der Waals surface area contributed by atoms with E-state index in [1.54, 1.807) is 14.1 Å². The summed E-state index contributed by atoms with van der Waals surface area (Å²) >= 11 is 2.60. The van der Waals surface area contributed by atoms with Crippen LogP contribution in [-0.4, -0.2) is 52.2 Å². The van der Waals surface area contributed by atoms with Crippen LogP contribution >= 0.6 is 23.5 Å². The topological polar surface area (TPSA) is 88.9 Å². The van der Waals surface area contributed by atoms with Crippen LogP contribution in [0, 0.1) is 0 Å². The summed E-state index contributed by atoms with van der Waals surface area (Å²) in [4.78, 5) is 22.9. The minimum Gasteiger partial charge on any atom is -0.358 e. The second-order valence-corrected chi connectivity index (χ2v) is 6.24. The number of hydrogen-bond donors (Lipinski definition) is 2. The minimum absolute atomic E-state index is 0.0859. The molecule has 0 aliphatic rings. The summed E-state index contributed by atoms with van der Waals surface area (Å²) < 4.78 is 1.85. The van der Waals surface area contributed by atoms with Crippen molar-refractivity contribution in [2.45, 2.75) is 10.3 Å². The number of benzene rings is 1. The van der Waals surface area contributed by atoms with Crippen molar-refractivity contribution >= 4 is 35.3 Å². The lowest BCUT2D eigenvalue weighted by Crippen LogP contribution is -2.20. The van der Waals surface area contributed by atoms with E-state index in [0.717, 1.165) is 5.69 Å². The molecule has 0 saturated heterocycles. The smallest absolute Gasteiger partial charge is 0.230 e. The van der Waals surface area contributed by atoms with Gasteiger partial charge in [0, 0.05) is 14.1 Å². The van der Waals surface area contributed by atoms with Gasteiger partial charge in [-0.15, -0.1) is 10.2 Å². The van der Waals surface area contributed by atoms with Gasteiger partial charge in [-0.25, -0.2) is 0 Å². The number of amides is 2. The van der Waals surface area contributed by atoms with E-state index in [2.05, 4.69) is 20.8 Å². The second kappa shape index (κ2) is 8.59. The first-order valence-corrected chi connectivity index (χ1v) is 8.80. The molecule has 0 atom stereocenters. The number of carbonyl (C=O) groups excluding carboxylic acids is 2. The molecular formula is C14H17N5O2S2. The summed E-state index contributed by atoms with van der Waals surface area (Å²) in [6, 6.07) is 9.60. The van der Waals surface area contributed by atoms with Gasteiger partial charge >= 0.3 is 0 Å². The largest absolute Gasteiger partial charge is 0.358 e. The first-order valence-electron chi connectivity index (χ1n) is 6.83. The first kappa shape index (κ1) is 17.4. The highest BCUT2D eigenvalue weighted by atomic mass is 32.2. The SMILES string of the molecule is CNC(=O)CSc1nnc(SCC(=O)NC)n1-c1ccccc1. The first-order chi connectivity index (χ1) is 11.2. The van der Waals surface area contributed by atoms with Crippen molar-refractivity contribution in [3.8, 4) is 5.69 Å². The number of rotatable bonds is 7. The van der Waals surface area contributed by atoms with Gasteiger partial charge in [0.2, 0.25) is 11.8 Å². The molecule has 2 aromatic rings. The molecule has 0 fully saturated rings. The molecule has 0 unspecified atom stereocenters. The molecule has 2 rings (SSSR count). The van der Waals surface area contributed by atoms with Gasteiger partial charge < -0.3 is 10.6 Å². The summed E-state index contributed by atoms with van der Waals surface area (Å²) in [6.45, 7) is 0. The van der Waals surface area contributed by atoms with Gasteiger partial charge in [-0.3, -0.25) is 14.2 Å². The molecule has 2 N–H and O–H groups in total. The van der Waals surface area contributed by atoms with Gasteiger partial charge in [0.15, 0.2) is 10.3 Å². The van der Waals surface area contributed by atoms with Crippen LogP contribution < -0.4 is 10.6 Å². The number of hydrogen-bond acceptors (Lipinski definition) is 6. The monoisotopic (exact) mass is 351 g/mol. The maximum atomic E-state index is 11.4. The van der Waals surface area contributed by atoms with Crippen LogP contribution in [0.2, 0.25) is 0 Å². The molecular weight excluding hydrogens is 334 g/mol. The van der Waals surface area contributed by atoms with Gasteiger partial charge in [0.25, 0.3) is 0 Å². The minimum atomic E-state index is -0.0859. The average Bonchev–Trinajstić information content (AvgIpc) is 3.01. The van der Waals surface area contributed by atoms with Crippen molar-refractivity contribution in [2.24, 2.45) is 0 Å². The number of aromatic nitrogens is 3. The van der Waals surface area contributed by atoms with Gasteiger partial charge in [0.1, 0.15) is 0 Å². The molecule has 0 saturated carbocycles. The van der Waals surface area contributed by atoms with Crippen molar-refractivity contribution < 1.29 is 9.59 Å². The van der Waals surface area contributed by atoms with Crippen LogP contribution in [0.4, 0.5) is 0 Å². The fourth-order valence-corrected chi connectivity index (χ4v) is 3.35. The van der Waals surface area contributed by atoms with Crippen LogP contribution in [0.3, 0.4) is 0 Å². The molecule has 0 spiro atoms. The van der Waals surface area contributed by atoms with Gasteiger partial charge in [-0.1, -0.05) is 41.7 Å². The second-order valence-electron chi connectivity index (χ2n) is 4.36. The highest BCUT2D eigenvalue weighted by Gasteiger charge is 2.16. The van der Waals surface area contributed by atoms with Crippen LogP contribution in [0.15, 0.2) is 40.6 Å². The Morgan fingerprint density at radius 2 is 1.43 bits per heavy atom. The van der Waals surface area contributed by atoms with Crippen LogP contribution in [-0.2, 0) is 9.59 Å². The van der Waals surface area contributed by atoms with Crippen LogP contribution in [0.25, 0.3) is 5.69 Å². The molecule has 0 aliphatic heterocycles. The fourth-order valence-electron chi connectivity index (χ4n) is 1.65. The number of nitrogens with one attached hydrogen (secondary N) is 2. The Morgan fingerprint density at radius 1 is 0.957 bits per heavy atom. The molecule has 9 heteroatoms. The molecule has 1 heterocycles. The zero-order valence-corrected chi connectivity index (χ0v) is 14.4. The molecule has 23 heavy (non-hydrogen) atoms. The Morgan fingerprint density at radius 3 is 1.87 bits per heavy atom. The third-order valence-corrected chi connectivity index (χ3v) is 4.70. The normalized spacial score (nSPS) is 10.3. The Hall–Kier alpha value is -2.00. The predicted molar refractivity (Wildman–Crippen MR) is 90.9 cm³/mol. The Balaban J connectivity index is 2.26. The highest BCUT2D eigenvalue weighted by Crippen LogP contribution is 2.27. The summed E-state index contributed by atoms with van der Waals surface area (Å²) in [5.74, 6) is 0.331. The molecule has 0 radical (unpaired) electrons. The van der Waals surface area contributed by atoms with Gasteiger partial charge in [-0.2, -0.15) is 0 Å². The standard InChI is InChI=1S/C14H17N5O2S2/c1-15-11(20)8-22-13-17-18-14(23-9-12(21)16-2)19(13)10-6-4-3-5-7-10/h3-7H,8-9H2,1-2H3,(H,15,20)(H,16,21). The molecule has 0 bridgehead atoms. The van der Waals surface area contributed by atoms with E-state index < -0.39 is 0 Å². The summed E-state index contributed by atoms with van der Waals surface area (Å²) in [5.41, 5.74) is 0.885. The Bertz CT molecular complexity index is 638. The van der Waals surface area contributed by atoms with E-state index in [1.165, 1.54) is 23.5 Å². The van der Waals surface area contributed by atoms with Crippen LogP contribution in [0.1, 0.15) is 0 Å². The molecule has 0 aliphatic carbocycles. The summed E-state index contributed by atoms with van der Waals surface area (Å²) in [6.07, 6.45) is 0. The maximum Gasteiger partial charge on any atom is 0.230 e. The number of thioether (sulfide) groups is 2. The van der Waals surface area contributed by atoms with E-state index >= 15 is 0 Å². The van der Waals surface area contributed by atoms with Crippen LogP contribution in [0.5, 0.6) is 0 Å².